The van der Waals surface area contributed by atoms with Gasteiger partial charge in [-0.3, -0.25) is 14.9 Å². The second-order valence-electron chi connectivity index (χ2n) is 5.63. The average Bonchev–Trinajstić information content (AvgIpc) is 3.10. The molecule has 1 amide bonds. The van der Waals surface area contributed by atoms with Crippen LogP contribution in [0.3, 0.4) is 0 Å². The summed E-state index contributed by atoms with van der Waals surface area (Å²) in [6, 6.07) is 8.70. The molecule has 2 aromatic heterocycles. The predicted octanol–water partition coefficient (Wildman–Crippen LogP) is 3.56. The summed E-state index contributed by atoms with van der Waals surface area (Å²) in [7, 11) is 0. The molecule has 2 heterocycles. The maximum atomic E-state index is 13.0. The van der Waals surface area contributed by atoms with Gasteiger partial charge in [-0.1, -0.05) is 13.3 Å². The molecule has 26 heavy (non-hydrogen) atoms. The molecule has 0 unspecified atom stereocenters. The van der Waals surface area contributed by atoms with Crippen LogP contribution in [0.1, 0.15) is 30.3 Å². The smallest absolute Gasteiger partial charge is 0.277 e. The molecule has 3 rings (SSSR count). The van der Waals surface area contributed by atoms with Crippen LogP contribution in [0.25, 0.3) is 11.3 Å². The first-order valence-electron chi connectivity index (χ1n) is 8.18. The van der Waals surface area contributed by atoms with Gasteiger partial charge in [-0.2, -0.15) is 5.10 Å². The molecule has 8 heteroatoms. The molecule has 0 aliphatic rings. The van der Waals surface area contributed by atoms with E-state index in [1.54, 1.807) is 17.5 Å². The zero-order chi connectivity index (χ0) is 18.5. The van der Waals surface area contributed by atoms with Crippen molar-refractivity contribution in [3.63, 3.8) is 0 Å². The Morgan fingerprint density at radius 3 is 2.73 bits per heavy atom. The highest BCUT2D eigenvalue weighted by molar-refractivity contribution is 7.14. The number of benzene rings is 1. The molecular weight excluding hydrogens is 355 g/mol. The van der Waals surface area contributed by atoms with Crippen LogP contribution in [0.4, 0.5) is 9.52 Å². The van der Waals surface area contributed by atoms with Crippen molar-refractivity contribution in [3.05, 3.63) is 63.6 Å². The van der Waals surface area contributed by atoms with E-state index in [0.29, 0.717) is 17.4 Å². The van der Waals surface area contributed by atoms with Gasteiger partial charge in [0.1, 0.15) is 11.5 Å². The van der Waals surface area contributed by atoms with Gasteiger partial charge in [0.25, 0.3) is 11.5 Å². The molecule has 0 aliphatic heterocycles. The van der Waals surface area contributed by atoms with E-state index < -0.39 is 5.91 Å². The Balaban J connectivity index is 1.74. The highest BCUT2D eigenvalue weighted by Crippen LogP contribution is 2.25. The lowest BCUT2D eigenvalue weighted by atomic mass is 10.2. The Labute approximate surface area is 153 Å². The van der Waals surface area contributed by atoms with E-state index in [9.17, 15) is 14.0 Å². The number of aryl methyl sites for hydroxylation is 1. The summed E-state index contributed by atoms with van der Waals surface area (Å²) in [6.07, 6.45) is 1.74. The van der Waals surface area contributed by atoms with Crippen LogP contribution in [-0.2, 0) is 6.54 Å². The molecule has 0 radical (unpaired) electrons. The fraction of sp³-hybridized carbons (Fsp3) is 0.222. The minimum Gasteiger partial charge on any atom is -0.296 e. The molecular formula is C18H17FN4O2S. The first kappa shape index (κ1) is 17.9. The second kappa shape index (κ2) is 8.01. The molecule has 3 aromatic rings. The third-order valence-electron chi connectivity index (χ3n) is 3.69. The fourth-order valence-corrected chi connectivity index (χ4v) is 3.00. The maximum absolute atomic E-state index is 13.0. The van der Waals surface area contributed by atoms with Crippen molar-refractivity contribution >= 4 is 22.4 Å². The van der Waals surface area contributed by atoms with Crippen molar-refractivity contribution in [1.29, 1.82) is 0 Å². The highest BCUT2D eigenvalue weighted by Gasteiger charge is 2.13. The number of unbranched alkanes of at least 4 members (excludes halogenated alkanes) is 1. The van der Waals surface area contributed by atoms with Gasteiger partial charge >= 0.3 is 0 Å². The zero-order valence-electron chi connectivity index (χ0n) is 14.1. The molecule has 0 atom stereocenters. The summed E-state index contributed by atoms with van der Waals surface area (Å²) in [6.45, 7) is 2.49. The van der Waals surface area contributed by atoms with Crippen molar-refractivity contribution in [2.75, 3.05) is 5.32 Å². The predicted molar refractivity (Wildman–Crippen MR) is 98.9 cm³/mol. The lowest BCUT2D eigenvalue weighted by Crippen LogP contribution is -2.26. The van der Waals surface area contributed by atoms with Crippen molar-refractivity contribution in [2.24, 2.45) is 0 Å². The molecule has 6 nitrogen and oxygen atoms in total. The van der Waals surface area contributed by atoms with Gasteiger partial charge in [0.05, 0.1) is 5.69 Å². The fourth-order valence-electron chi connectivity index (χ4n) is 2.28. The molecule has 0 saturated carbocycles. The molecule has 134 valence electrons. The van der Waals surface area contributed by atoms with Crippen molar-refractivity contribution in [2.45, 2.75) is 26.3 Å². The average molecular weight is 372 g/mol. The van der Waals surface area contributed by atoms with Gasteiger partial charge in [-0.15, -0.1) is 11.3 Å². The van der Waals surface area contributed by atoms with Gasteiger partial charge in [-0.25, -0.2) is 14.1 Å². The number of carbonyl (C=O) groups is 1. The second-order valence-corrected chi connectivity index (χ2v) is 6.49. The Morgan fingerprint density at radius 1 is 1.23 bits per heavy atom. The van der Waals surface area contributed by atoms with E-state index in [1.807, 2.05) is 6.92 Å². The molecule has 0 spiro atoms. The van der Waals surface area contributed by atoms with E-state index in [4.69, 9.17) is 0 Å². The number of rotatable bonds is 6. The number of nitrogens with one attached hydrogen (secondary N) is 1. The molecule has 1 aromatic carbocycles. The summed E-state index contributed by atoms with van der Waals surface area (Å²) < 4.78 is 14.3. The quantitative estimate of drug-likeness (QED) is 0.718. The first-order valence-corrected chi connectivity index (χ1v) is 9.06. The van der Waals surface area contributed by atoms with Crippen LogP contribution in [0.15, 0.2) is 46.6 Å². The molecule has 1 N–H and O–H groups in total. The SMILES string of the molecule is CCCCn1nc(C(=O)Nc2nc(-c3ccc(F)cc3)cs2)ccc1=O. The van der Waals surface area contributed by atoms with E-state index in [1.165, 1.54) is 40.3 Å². The van der Waals surface area contributed by atoms with E-state index >= 15 is 0 Å². The topological polar surface area (TPSA) is 76.9 Å². The molecule has 0 fully saturated rings. The van der Waals surface area contributed by atoms with Crippen molar-refractivity contribution < 1.29 is 9.18 Å². The van der Waals surface area contributed by atoms with Crippen LogP contribution >= 0.6 is 11.3 Å². The maximum Gasteiger partial charge on any atom is 0.277 e. The van der Waals surface area contributed by atoms with Gasteiger partial charge in [0.2, 0.25) is 0 Å². The van der Waals surface area contributed by atoms with Gasteiger partial charge in [0, 0.05) is 23.6 Å². The van der Waals surface area contributed by atoms with Crippen LogP contribution < -0.4 is 10.9 Å². The van der Waals surface area contributed by atoms with Crippen molar-refractivity contribution in [1.82, 2.24) is 14.8 Å². The highest BCUT2D eigenvalue weighted by atomic mass is 32.1. The number of carbonyl (C=O) groups excluding carboxylic acids is 1. The van der Waals surface area contributed by atoms with E-state index in [0.717, 1.165) is 18.4 Å². The Hall–Kier alpha value is -2.87. The van der Waals surface area contributed by atoms with Gasteiger partial charge in [0.15, 0.2) is 5.13 Å². The number of aromatic nitrogens is 3. The van der Waals surface area contributed by atoms with Gasteiger partial charge < -0.3 is 0 Å². The number of hydrogen-bond donors (Lipinski definition) is 1. The summed E-state index contributed by atoms with van der Waals surface area (Å²) in [5, 5.41) is 8.97. The number of anilines is 1. The number of halogens is 1. The Kier molecular flexibility index (Phi) is 5.52. The molecule has 0 bridgehead atoms. The largest absolute Gasteiger partial charge is 0.296 e. The standard InChI is InChI=1S/C18H17FN4O2S/c1-2-3-10-23-16(24)9-8-14(22-23)17(25)21-18-20-15(11-26-18)12-4-6-13(19)7-5-12/h4-9,11H,2-3,10H2,1H3,(H,20,21,25). The normalized spacial score (nSPS) is 10.7. The summed E-state index contributed by atoms with van der Waals surface area (Å²) >= 11 is 1.26. The lowest BCUT2D eigenvalue weighted by Gasteiger charge is -2.06. The zero-order valence-corrected chi connectivity index (χ0v) is 14.9. The minimum atomic E-state index is -0.435. The number of hydrogen-bond acceptors (Lipinski definition) is 5. The van der Waals surface area contributed by atoms with Crippen LogP contribution in [0.5, 0.6) is 0 Å². The lowest BCUT2D eigenvalue weighted by molar-refractivity contribution is 0.101. The van der Waals surface area contributed by atoms with Crippen LogP contribution in [0, 0.1) is 5.82 Å². The van der Waals surface area contributed by atoms with Crippen molar-refractivity contribution in [3.8, 4) is 11.3 Å². The summed E-state index contributed by atoms with van der Waals surface area (Å²) in [5.74, 6) is -0.753. The minimum absolute atomic E-state index is 0.152. The Bertz CT molecular complexity index is 966. The summed E-state index contributed by atoms with van der Waals surface area (Å²) in [5.41, 5.74) is 1.32. The van der Waals surface area contributed by atoms with Gasteiger partial charge in [-0.05, 0) is 36.8 Å². The molecule has 0 aliphatic carbocycles. The van der Waals surface area contributed by atoms with E-state index in [-0.39, 0.29) is 17.1 Å². The third kappa shape index (κ3) is 4.20. The first-order chi connectivity index (χ1) is 12.6. The molecule has 0 saturated heterocycles. The number of thiazole rings is 1. The number of amides is 1. The third-order valence-corrected chi connectivity index (χ3v) is 4.45. The summed E-state index contributed by atoms with van der Waals surface area (Å²) in [4.78, 5) is 28.5. The van der Waals surface area contributed by atoms with Crippen LogP contribution in [-0.4, -0.2) is 20.7 Å². The van der Waals surface area contributed by atoms with Crippen LogP contribution in [0.2, 0.25) is 0 Å². The monoisotopic (exact) mass is 372 g/mol. The Morgan fingerprint density at radius 2 is 2.00 bits per heavy atom. The van der Waals surface area contributed by atoms with E-state index in [2.05, 4.69) is 15.4 Å². The number of nitrogens with zero attached hydrogens (tertiary/aromatic N) is 3.